The molecule has 0 N–H and O–H groups in total. The summed E-state index contributed by atoms with van der Waals surface area (Å²) in [5.41, 5.74) is 0. The van der Waals surface area contributed by atoms with Crippen LogP contribution in [0.1, 0.15) is 52.4 Å². The van der Waals surface area contributed by atoms with Crippen molar-refractivity contribution < 1.29 is 4.79 Å². The van der Waals surface area contributed by atoms with Crippen LogP contribution in [-0.4, -0.2) is 28.7 Å². The molecule has 2 aliphatic rings. The van der Waals surface area contributed by atoms with E-state index in [-0.39, 0.29) is 0 Å². The van der Waals surface area contributed by atoms with Crippen LogP contribution in [-0.2, 0) is 4.79 Å². The lowest BCUT2D eigenvalue weighted by Crippen LogP contribution is -2.48. The van der Waals surface area contributed by atoms with Crippen LogP contribution in [0.2, 0.25) is 0 Å². The molecule has 3 heteroatoms. The maximum atomic E-state index is 12.8. The minimum atomic E-state index is 0.331. The van der Waals surface area contributed by atoms with E-state index in [9.17, 15) is 4.79 Å². The molecule has 0 unspecified atom stereocenters. The first-order valence-electron chi connectivity index (χ1n) is 7.51. The van der Waals surface area contributed by atoms with Crippen LogP contribution < -0.4 is 0 Å². The fourth-order valence-corrected chi connectivity index (χ4v) is 3.67. The van der Waals surface area contributed by atoms with Crippen LogP contribution in [0.4, 0.5) is 0 Å². The van der Waals surface area contributed by atoms with Crippen molar-refractivity contribution in [2.75, 3.05) is 11.9 Å². The molecule has 2 fully saturated rings. The van der Waals surface area contributed by atoms with E-state index in [1.54, 1.807) is 0 Å². The van der Waals surface area contributed by atoms with E-state index in [1.165, 1.54) is 38.5 Å². The van der Waals surface area contributed by atoms with Crippen LogP contribution in [0.25, 0.3) is 0 Å². The van der Waals surface area contributed by atoms with Crippen molar-refractivity contribution in [2.45, 2.75) is 58.4 Å². The Labute approximate surface area is 120 Å². The van der Waals surface area contributed by atoms with E-state index in [4.69, 9.17) is 0 Å². The van der Waals surface area contributed by atoms with Crippen LogP contribution in [0, 0.1) is 17.8 Å². The molecule has 0 atom stereocenters. The van der Waals surface area contributed by atoms with Crippen molar-refractivity contribution in [2.24, 2.45) is 17.8 Å². The highest BCUT2D eigenvalue weighted by Crippen LogP contribution is 2.45. The number of amides is 1. The molecule has 0 aromatic carbocycles. The van der Waals surface area contributed by atoms with E-state index in [1.807, 2.05) is 0 Å². The highest BCUT2D eigenvalue weighted by molar-refractivity contribution is 9.09. The SMILES string of the molecule is CC(C)N(CCBr)C(=O)C(C1CCC1)C1CCC1. The maximum absolute atomic E-state index is 12.8. The molecule has 0 spiro atoms. The first kappa shape index (κ1) is 14.4. The molecule has 0 aliphatic heterocycles. The fraction of sp³-hybridized carbons (Fsp3) is 0.933. The third-order valence-electron chi connectivity index (χ3n) is 4.83. The van der Waals surface area contributed by atoms with Gasteiger partial charge in [-0.3, -0.25) is 4.79 Å². The van der Waals surface area contributed by atoms with Gasteiger partial charge in [0.25, 0.3) is 0 Å². The lowest BCUT2D eigenvalue weighted by atomic mass is 9.64. The summed E-state index contributed by atoms with van der Waals surface area (Å²) in [6.07, 6.45) is 7.81. The minimum Gasteiger partial charge on any atom is -0.339 e. The Bertz CT molecular complexity index is 270. The standard InChI is InChI=1S/C15H26BrNO/c1-11(2)17(10-9-16)15(18)14(12-5-3-6-12)13-7-4-8-13/h11-14H,3-10H2,1-2H3. The topological polar surface area (TPSA) is 20.3 Å². The molecule has 2 aliphatic carbocycles. The van der Waals surface area contributed by atoms with Gasteiger partial charge in [-0.25, -0.2) is 0 Å². The Morgan fingerprint density at radius 1 is 1.17 bits per heavy atom. The van der Waals surface area contributed by atoms with Crippen molar-refractivity contribution >= 4 is 21.8 Å². The van der Waals surface area contributed by atoms with E-state index in [0.717, 1.165) is 11.9 Å². The summed E-state index contributed by atoms with van der Waals surface area (Å²) in [6, 6.07) is 0.331. The summed E-state index contributed by atoms with van der Waals surface area (Å²) in [5.74, 6) is 2.17. The molecule has 2 nitrogen and oxygen atoms in total. The van der Waals surface area contributed by atoms with Gasteiger partial charge in [-0.1, -0.05) is 28.8 Å². The van der Waals surface area contributed by atoms with Gasteiger partial charge < -0.3 is 4.90 Å². The number of hydrogen-bond acceptors (Lipinski definition) is 1. The molecular formula is C15H26BrNO. The predicted octanol–water partition coefficient (Wildman–Crippen LogP) is 3.83. The van der Waals surface area contributed by atoms with Crippen LogP contribution in [0.3, 0.4) is 0 Å². The second-order valence-corrected chi connectivity index (χ2v) is 7.02. The fourth-order valence-electron chi connectivity index (χ4n) is 3.29. The van der Waals surface area contributed by atoms with Gasteiger partial charge in [0, 0.05) is 23.8 Å². The summed E-state index contributed by atoms with van der Waals surface area (Å²) >= 11 is 3.48. The third-order valence-corrected chi connectivity index (χ3v) is 5.19. The van der Waals surface area contributed by atoms with Crippen molar-refractivity contribution in [3.05, 3.63) is 0 Å². The molecule has 0 saturated heterocycles. The number of carbonyl (C=O) groups excluding carboxylic acids is 1. The molecule has 0 aromatic rings. The summed E-state index contributed by atoms with van der Waals surface area (Å²) in [6.45, 7) is 5.13. The van der Waals surface area contributed by atoms with E-state index < -0.39 is 0 Å². The number of carbonyl (C=O) groups is 1. The second-order valence-electron chi connectivity index (χ2n) is 6.22. The normalized spacial score (nSPS) is 20.9. The van der Waals surface area contributed by atoms with Gasteiger partial charge in [-0.2, -0.15) is 0 Å². The largest absolute Gasteiger partial charge is 0.339 e. The molecule has 0 heterocycles. The Balaban J connectivity index is 2.05. The number of rotatable bonds is 6. The maximum Gasteiger partial charge on any atom is 0.226 e. The van der Waals surface area contributed by atoms with Crippen molar-refractivity contribution in [1.82, 2.24) is 4.90 Å². The number of alkyl halides is 1. The van der Waals surface area contributed by atoms with E-state index in [0.29, 0.717) is 29.7 Å². The molecule has 0 aromatic heterocycles. The molecule has 104 valence electrons. The molecule has 18 heavy (non-hydrogen) atoms. The Morgan fingerprint density at radius 3 is 1.94 bits per heavy atom. The molecule has 1 amide bonds. The van der Waals surface area contributed by atoms with Gasteiger partial charge in [0.1, 0.15) is 0 Å². The average Bonchev–Trinajstić information content (AvgIpc) is 2.18. The van der Waals surface area contributed by atoms with Gasteiger partial charge in [0.15, 0.2) is 0 Å². The second kappa shape index (κ2) is 6.40. The average molecular weight is 316 g/mol. The van der Waals surface area contributed by atoms with Crippen LogP contribution >= 0.6 is 15.9 Å². The zero-order valence-electron chi connectivity index (χ0n) is 11.7. The van der Waals surface area contributed by atoms with Crippen molar-refractivity contribution in [1.29, 1.82) is 0 Å². The Kier molecular flexibility index (Phi) is 5.11. The summed E-state index contributed by atoms with van der Waals surface area (Å²) in [5, 5.41) is 0.888. The molecular weight excluding hydrogens is 290 g/mol. The monoisotopic (exact) mass is 315 g/mol. The zero-order chi connectivity index (χ0) is 13.1. The summed E-state index contributed by atoms with van der Waals surface area (Å²) < 4.78 is 0. The van der Waals surface area contributed by atoms with Crippen molar-refractivity contribution in [3.8, 4) is 0 Å². The highest BCUT2D eigenvalue weighted by atomic mass is 79.9. The smallest absolute Gasteiger partial charge is 0.226 e. The number of nitrogens with zero attached hydrogens (tertiary/aromatic N) is 1. The first-order valence-corrected chi connectivity index (χ1v) is 8.63. The van der Waals surface area contributed by atoms with Crippen LogP contribution in [0.5, 0.6) is 0 Å². The van der Waals surface area contributed by atoms with Gasteiger partial charge in [-0.15, -0.1) is 0 Å². The minimum absolute atomic E-state index is 0.331. The zero-order valence-corrected chi connectivity index (χ0v) is 13.3. The van der Waals surface area contributed by atoms with Gasteiger partial charge >= 0.3 is 0 Å². The Hall–Kier alpha value is -0.0500. The lowest BCUT2D eigenvalue weighted by molar-refractivity contribution is -0.144. The van der Waals surface area contributed by atoms with Gasteiger partial charge in [0.2, 0.25) is 5.91 Å². The molecule has 0 bridgehead atoms. The van der Waals surface area contributed by atoms with E-state index in [2.05, 4.69) is 34.7 Å². The third kappa shape index (κ3) is 2.92. The van der Waals surface area contributed by atoms with Crippen LogP contribution in [0.15, 0.2) is 0 Å². The molecule has 0 radical (unpaired) electrons. The molecule has 2 saturated carbocycles. The van der Waals surface area contributed by atoms with Gasteiger partial charge in [0.05, 0.1) is 0 Å². The van der Waals surface area contributed by atoms with Gasteiger partial charge in [-0.05, 0) is 51.4 Å². The number of halogens is 1. The predicted molar refractivity (Wildman–Crippen MR) is 78.8 cm³/mol. The summed E-state index contributed by atoms with van der Waals surface area (Å²) in [4.78, 5) is 14.9. The Morgan fingerprint density at radius 2 is 1.67 bits per heavy atom. The van der Waals surface area contributed by atoms with E-state index >= 15 is 0 Å². The van der Waals surface area contributed by atoms with Crippen molar-refractivity contribution in [3.63, 3.8) is 0 Å². The number of hydrogen-bond donors (Lipinski definition) is 0. The molecule has 2 rings (SSSR count). The first-order chi connectivity index (χ1) is 8.65. The lowest BCUT2D eigenvalue weighted by Gasteiger charge is -2.44. The summed E-state index contributed by atoms with van der Waals surface area (Å²) in [7, 11) is 0. The highest BCUT2D eigenvalue weighted by Gasteiger charge is 2.42. The quantitative estimate of drug-likeness (QED) is 0.682.